The van der Waals surface area contributed by atoms with Crippen LogP contribution < -0.4 is 78.6 Å². The zero-order valence-corrected chi connectivity index (χ0v) is 54.4. The fourth-order valence-corrected chi connectivity index (χ4v) is 17.9. The number of hydrogen-bond donors (Lipinski definition) is 0. The number of para-hydroxylation sites is 8. The van der Waals surface area contributed by atoms with E-state index in [1.807, 2.05) is 91.9 Å². The van der Waals surface area contributed by atoms with Crippen LogP contribution in [0, 0.1) is 6.92 Å². The van der Waals surface area contributed by atoms with Gasteiger partial charge >= 0.3 is 20.4 Å². The van der Waals surface area contributed by atoms with E-state index in [1.165, 1.54) is 9.80 Å². The molecule has 0 radical (unpaired) electrons. The van der Waals surface area contributed by atoms with E-state index in [4.69, 9.17) is 0 Å². The van der Waals surface area contributed by atoms with E-state index in [0.29, 0.717) is 74.6 Å². The van der Waals surface area contributed by atoms with E-state index in [0.717, 1.165) is 50.4 Å². The molecule has 0 bridgehead atoms. The largest absolute Gasteiger partial charge is 0.311 e. The molecule has 6 heterocycles. The quantitative estimate of drug-likeness (QED) is 0.111. The van der Waals surface area contributed by atoms with Gasteiger partial charge in [0.15, 0.2) is 0 Å². The van der Waals surface area contributed by atoms with Gasteiger partial charge in [0.2, 0.25) is 0 Å². The molecular weight excluding hydrogens is 1320 g/mol. The smallest absolute Gasteiger partial charge is 0.310 e. The Morgan fingerprint density at radius 2 is 0.420 bits per heavy atom. The molecule has 13 aromatic carbocycles. The van der Waals surface area contributed by atoms with Crippen LogP contribution in [-0.2, 0) is 0 Å². The lowest BCUT2D eigenvalue weighted by molar-refractivity contribution is 0.360. The first-order chi connectivity index (χ1) is 47.8. The Hall–Kier alpha value is -11.1. The fourth-order valence-electron chi connectivity index (χ4n) is 16.5. The van der Waals surface area contributed by atoms with Crippen molar-refractivity contribution in [2.75, 3.05) is 29.4 Å². The molecule has 0 fully saturated rings. The lowest BCUT2D eigenvalue weighted by Crippen LogP contribution is -2.66. The Morgan fingerprint density at radius 3 is 0.670 bits per heavy atom. The number of rotatable bonds is 8. The Morgan fingerprint density at radius 1 is 0.210 bits per heavy atom. The first-order valence-electron chi connectivity index (χ1n) is 32.5. The van der Waals surface area contributed by atoms with Gasteiger partial charge in [-0.25, -0.2) is 0 Å². The molecule has 100 heavy (non-hydrogen) atoms. The number of halogens is 10. The van der Waals surface area contributed by atoms with Gasteiger partial charge < -0.3 is 29.4 Å². The van der Waals surface area contributed by atoms with Crippen LogP contribution in [0.15, 0.2) is 301 Å². The van der Waals surface area contributed by atoms with E-state index in [-0.39, 0.29) is 56.4 Å². The molecule has 0 unspecified atom stereocenters. The molecule has 0 N–H and O–H groups in total. The molecule has 21 heteroatoms. The molecule has 0 aliphatic carbocycles. The summed E-state index contributed by atoms with van der Waals surface area (Å²) in [5.74, 6) is 0. The third kappa shape index (κ3) is 8.99. The van der Waals surface area contributed by atoms with Gasteiger partial charge in [-0.1, -0.05) is 197 Å². The van der Waals surface area contributed by atoms with Crippen LogP contribution in [0.5, 0.6) is 0 Å². The highest BCUT2D eigenvalue weighted by Crippen LogP contribution is 3.03. The van der Waals surface area contributed by atoms with Gasteiger partial charge in [0.1, 0.15) is 9.79 Å². The average molecular weight is 1370 g/mol. The Labute approximate surface area is 570 Å². The van der Waals surface area contributed by atoms with Crippen molar-refractivity contribution in [2.45, 2.75) is 16.7 Å². The molecule has 6 aliphatic heterocycles. The van der Waals surface area contributed by atoms with Crippen molar-refractivity contribution in [1.82, 2.24) is 0 Å². The van der Waals surface area contributed by atoms with Crippen LogP contribution in [-0.4, -0.2) is 20.1 Å². The summed E-state index contributed by atoms with van der Waals surface area (Å²) in [5.41, 5.74) is 13.4. The van der Waals surface area contributed by atoms with E-state index in [9.17, 15) is 0 Å². The number of aryl methyl sites for hydroxylation is 1. The number of fused-ring (bicyclic) bond motifs is 12. The molecule has 488 valence electrons. The van der Waals surface area contributed by atoms with Crippen LogP contribution >= 0.6 is 20.4 Å². The fraction of sp³-hybridized carbons (Fsp3) is 0.0127. The van der Waals surface area contributed by atoms with E-state index in [2.05, 4.69) is 52.3 Å². The lowest BCUT2D eigenvalue weighted by atomic mass is 9.29. The van der Waals surface area contributed by atoms with Gasteiger partial charge in [0, 0.05) is 102 Å². The lowest BCUT2D eigenvalue weighted by Gasteiger charge is -2.49. The molecule has 0 atom stereocenters. The highest BCUT2D eigenvalue weighted by Gasteiger charge is 2.68. The number of benzene rings is 13. The molecule has 13 aromatic rings. The monoisotopic (exact) mass is 1370 g/mol. The summed E-state index contributed by atoms with van der Waals surface area (Å²) in [5, 5.41) is 0. The summed E-state index contributed by atoms with van der Waals surface area (Å²) >= 11 is 0. The summed E-state index contributed by atoms with van der Waals surface area (Å²) in [4.78, 5) is 6.47. The number of nitrogens with zero attached hydrogens (tertiary/aromatic N) is 6. The van der Waals surface area contributed by atoms with Crippen LogP contribution in [0.3, 0.4) is 0 Å². The van der Waals surface area contributed by atoms with Crippen LogP contribution in [0.25, 0.3) is 0 Å². The third-order valence-electron chi connectivity index (χ3n) is 20.3. The van der Waals surface area contributed by atoms with Crippen molar-refractivity contribution in [1.29, 1.82) is 0 Å². The summed E-state index contributed by atoms with van der Waals surface area (Å²) < 4.78 is 163. The van der Waals surface area contributed by atoms with Gasteiger partial charge in [0.25, 0.3) is 20.1 Å². The zero-order chi connectivity index (χ0) is 68.3. The van der Waals surface area contributed by atoms with Crippen LogP contribution in [0.1, 0.15) is 5.56 Å². The second-order valence-corrected chi connectivity index (χ2v) is 31.1. The highest BCUT2D eigenvalue weighted by atomic mass is 32.5. The molecule has 6 nitrogen and oxygen atoms in total. The summed E-state index contributed by atoms with van der Waals surface area (Å²) in [6, 6.07) is 83.8. The SMILES string of the molecule is Cc1cc2c3c(c1)N(c1ccccc1)c1cc4c(cc1B3c1ccccc1N2c1ccccc1)B1c2cc3c(cc2N(c2ccccc2)c2cc(S(F)(F)(F)(F)F)cc(c21)N4c1ccccc1)N(c1ccccc1)c1cc(S(F)(F)(F)(F)F)cc2c1B3c1ccccc1N2c1ccccc1. The molecular formula is C79H51B3F10N6S2. The molecule has 0 saturated carbocycles. The predicted octanol–water partition coefficient (Wildman–Crippen LogP) is 19.6. The highest BCUT2D eigenvalue weighted by molar-refractivity contribution is 8.46. The minimum Gasteiger partial charge on any atom is -0.311 e. The van der Waals surface area contributed by atoms with Gasteiger partial charge in [-0.3, -0.25) is 0 Å². The number of anilines is 18. The first-order valence-corrected chi connectivity index (χ1v) is 36.4. The Kier molecular flexibility index (Phi) is 11.8. The molecule has 0 saturated heterocycles. The van der Waals surface area contributed by atoms with E-state index in [1.54, 1.807) is 149 Å². The second kappa shape index (κ2) is 19.6. The maximum absolute atomic E-state index is 16.6. The summed E-state index contributed by atoms with van der Waals surface area (Å²) in [6.45, 7) is -0.535. The van der Waals surface area contributed by atoms with Crippen molar-refractivity contribution in [3.05, 3.63) is 297 Å². The molecule has 6 aliphatic rings. The Balaban J connectivity index is 0.972. The molecule has 0 amide bonds. The van der Waals surface area contributed by atoms with Crippen molar-refractivity contribution in [3.63, 3.8) is 0 Å². The zero-order valence-electron chi connectivity index (χ0n) is 52.7. The van der Waals surface area contributed by atoms with Crippen molar-refractivity contribution >= 4 is 192 Å². The third-order valence-corrected chi connectivity index (χ3v) is 22.6. The van der Waals surface area contributed by atoms with E-state index < -0.39 is 50.4 Å². The van der Waals surface area contributed by atoms with Gasteiger partial charge in [-0.2, -0.15) is 0 Å². The maximum atomic E-state index is 16.6. The minimum absolute atomic E-state index is 0.147. The van der Waals surface area contributed by atoms with Gasteiger partial charge in [-0.05, 0) is 195 Å². The first kappa shape index (κ1) is 60.1. The predicted molar refractivity (Wildman–Crippen MR) is 396 cm³/mol. The molecule has 19 rings (SSSR count). The van der Waals surface area contributed by atoms with Crippen molar-refractivity contribution in [2.24, 2.45) is 0 Å². The summed E-state index contributed by atoms with van der Waals surface area (Å²) in [6.07, 6.45) is 0. The van der Waals surface area contributed by atoms with Gasteiger partial charge in [0.05, 0.1) is 0 Å². The minimum atomic E-state index is -10.7. The van der Waals surface area contributed by atoms with Gasteiger partial charge in [-0.15, -0.1) is 0 Å². The summed E-state index contributed by atoms with van der Waals surface area (Å²) in [7, 11) is -21.3. The topological polar surface area (TPSA) is 19.4 Å². The van der Waals surface area contributed by atoms with Crippen LogP contribution in [0.2, 0.25) is 0 Å². The van der Waals surface area contributed by atoms with Crippen molar-refractivity contribution < 1.29 is 38.9 Å². The normalized spacial score (nSPS) is 15.7. The maximum Gasteiger partial charge on any atom is 0.310 e. The van der Waals surface area contributed by atoms with Crippen molar-refractivity contribution in [3.8, 4) is 0 Å². The molecule has 0 spiro atoms. The van der Waals surface area contributed by atoms with E-state index >= 15 is 38.9 Å². The second-order valence-electron chi connectivity index (χ2n) is 26.3. The Bertz CT molecular complexity index is 5670. The standard InChI is InChI=1S/C79H51B3F10N6S2/c1-50-40-71-77-72(41-50)95(53-28-12-4-13-29-53)67-48-69-63(46-61(67)80(77)59-36-20-22-38-65(59)93(71)51-24-8-2-9-25-51)82-64-47-62-68(49-70(64)98(56-34-18-7-19-35-56)76-45-58(100(88,89,90,91)92)44-75(79(76)82)97(69)55-32-16-6-17-33-55)96(54-30-14-5-15-31-54)74-43-57(99(83,84,85,86)87)42-73-78(74)81(62)60-37-21-23-39-66(60)94(73)52-26-10-3-11-27-52/h2-49H,1H3. The number of hydrogen-bond acceptors (Lipinski definition) is 6. The molecule has 0 aromatic heterocycles. The van der Waals surface area contributed by atoms with Crippen LogP contribution in [0.4, 0.5) is 141 Å². The average Bonchev–Trinajstić information content (AvgIpc) is 0.672.